The van der Waals surface area contributed by atoms with Crippen molar-refractivity contribution < 1.29 is 9.59 Å². The number of nitrogens with two attached hydrogens (primary N) is 1. The van der Waals surface area contributed by atoms with Gasteiger partial charge in [0.05, 0.1) is 0 Å². The highest BCUT2D eigenvalue weighted by Crippen LogP contribution is 2.03. The van der Waals surface area contributed by atoms with Gasteiger partial charge in [0.15, 0.2) is 0 Å². The Labute approximate surface area is 75.9 Å². The number of hydrogen-bond acceptors (Lipinski definition) is 2. The van der Waals surface area contributed by atoms with Crippen molar-refractivity contribution in [3.8, 4) is 0 Å². The lowest BCUT2D eigenvalue weighted by molar-refractivity contribution is -0.113. The first-order valence-corrected chi connectivity index (χ1v) is 3.75. The summed E-state index contributed by atoms with van der Waals surface area (Å²) in [5, 5.41) is 0. The van der Waals surface area contributed by atoms with E-state index in [-0.39, 0.29) is 0 Å². The molecule has 0 radical (unpaired) electrons. The van der Waals surface area contributed by atoms with Gasteiger partial charge in [-0.15, -0.1) is 0 Å². The average molecular weight is 175 g/mol. The van der Waals surface area contributed by atoms with Crippen LogP contribution in [0.4, 0.5) is 0 Å². The van der Waals surface area contributed by atoms with E-state index in [4.69, 9.17) is 5.73 Å². The van der Waals surface area contributed by atoms with Gasteiger partial charge < -0.3 is 5.73 Å². The normalized spacial score (nSPS) is 10.2. The predicted molar refractivity (Wildman–Crippen MR) is 50.1 cm³/mol. The molecule has 1 amide bonds. The molecule has 2 N–H and O–H groups in total. The minimum atomic E-state index is -0.487. The van der Waals surface area contributed by atoms with Gasteiger partial charge >= 0.3 is 0 Å². The van der Waals surface area contributed by atoms with Gasteiger partial charge in [0, 0.05) is 11.6 Å². The van der Waals surface area contributed by atoms with E-state index in [1.54, 1.807) is 30.3 Å². The molecular formula is C10H9NO2. The molecule has 0 spiro atoms. The van der Waals surface area contributed by atoms with E-state index in [1.807, 2.05) is 0 Å². The molecule has 0 saturated carbocycles. The zero-order valence-electron chi connectivity index (χ0n) is 6.94. The average Bonchev–Trinajstić information content (AvgIpc) is 2.15. The van der Waals surface area contributed by atoms with Crippen molar-refractivity contribution >= 4 is 18.3 Å². The third-order valence-electron chi connectivity index (χ3n) is 1.51. The fraction of sp³-hybridized carbons (Fsp3) is 0. The van der Waals surface area contributed by atoms with Crippen LogP contribution in [-0.4, -0.2) is 12.2 Å². The molecule has 0 bridgehead atoms. The number of primary amides is 1. The smallest absolute Gasteiger partial charge is 0.241 e. The van der Waals surface area contributed by atoms with Crippen molar-refractivity contribution in [2.24, 2.45) is 5.73 Å². The summed E-state index contributed by atoms with van der Waals surface area (Å²) in [5.41, 5.74) is 6.36. The molecule has 1 rings (SSSR count). The van der Waals surface area contributed by atoms with Crippen molar-refractivity contribution in [3.05, 3.63) is 41.5 Å². The molecule has 0 heterocycles. The molecule has 1 aromatic carbocycles. The summed E-state index contributed by atoms with van der Waals surface area (Å²) in [6.45, 7) is 0. The Kier molecular flexibility index (Phi) is 2.97. The van der Waals surface area contributed by atoms with E-state index < -0.39 is 5.91 Å². The molecule has 1 aromatic rings. The van der Waals surface area contributed by atoms with Gasteiger partial charge in [0.2, 0.25) is 5.91 Å². The minimum Gasteiger partial charge on any atom is -0.366 e. The fourth-order valence-corrected chi connectivity index (χ4v) is 0.864. The van der Waals surface area contributed by atoms with Crippen LogP contribution in [0.25, 0.3) is 6.08 Å². The maximum absolute atomic E-state index is 10.4. The molecule has 66 valence electrons. The van der Waals surface area contributed by atoms with E-state index in [2.05, 4.69) is 0 Å². The third-order valence-corrected chi connectivity index (χ3v) is 1.51. The highest BCUT2D eigenvalue weighted by molar-refractivity contribution is 5.90. The molecule has 0 aliphatic rings. The van der Waals surface area contributed by atoms with Gasteiger partial charge in [0.1, 0.15) is 6.29 Å². The lowest BCUT2D eigenvalue weighted by Gasteiger charge is -1.92. The largest absolute Gasteiger partial charge is 0.366 e. The highest BCUT2D eigenvalue weighted by atomic mass is 16.1. The molecule has 13 heavy (non-hydrogen) atoms. The summed E-state index contributed by atoms with van der Waals surface area (Å²) in [6, 6.07) is 6.83. The van der Waals surface area contributed by atoms with Crippen molar-refractivity contribution in [1.82, 2.24) is 0 Å². The quantitative estimate of drug-likeness (QED) is 0.550. The van der Waals surface area contributed by atoms with E-state index in [1.165, 1.54) is 6.08 Å². The van der Waals surface area contributed by atoms with Crippen molar-refractivity contribution in [2.75, 3.05) is 0 Å². The van der Waals surface area contributed by atoms with Crippen LogP contribution in [0.15, 0.2) is 30.3 Å². The van der Waals surface area contributed by atoms with Crippen LogP contribution in [0.3, 0.4) is 0 Å². The summed E-state index contributed by atoms with van der Waals surface area (Å²) < 4.78 is 0. The first-order valence-electron chi connectivity index (χ1n) is 3.75. The second-order valence-electron chi connectivity index (χ2n) is 2.52. The molecule has 0 saturated heterocycles. The maximum Gasteiger partial charge on any atom is 0.241 e. The van der Waals surface area contributed by atoms with Crippen LogP contribution in [0.1, 0.15) is 15.9 Å². The number of aldehydes is 1. The monoisotopic (exact) mass is 175 g/mol. The number of benzene rings is 1. The third kappa shape index (κ3) is 2.91. The fourth-order valence-electron chi connectivity index (χ4n) is 0.864. The van der Waals surface area contributed by atoms with E-state index >= 15 is 0 Å². The molecular weight excluding hydrogens is 166 g/mol. The van der Waals surface area contributed by atoms with E-state index in [0.717, 1.165) is 11.8 Å². The summed E-state index contributed by atoms with van der Waals surface area (Å²) in [4.78, 5) is 20.7. The maximum atomic E-state index is 10.4. The van der Waals surface area contributed by atoms with Crippen molar-refractivity contribution in [3.63, 3.8) is 0 Å². The molecule has 0 aliphatic carbocycles. The standard InChI is InChI=1S/C10H9NO2/c11-10(13)6-5-8-1-3-9(7-12)4-2-8/h1-7H,(H2,11,13)/b6-5-. The van der Waals surface area contributed by atoms with Gasteiger partial charge in [-0.25, -0.2) is 0 Å². The Balaban J connectivity index is 2.80. The van der Waals surface area contributed by atoms with Crippen LogP contribution in [0.5, 0.6) is 0 Å². The molecule has 0 atom stereocenters. The first kappa shape index (κ1) is 9.19. The zero-order chi connectivity index (χ0) is 9.68. The summed E-state index contributed by atoms with van der Waals surface area (Å²) in [7, 11) is 0. The lowest BCUT2D eigenvalue weighted by Crippen LogP contribution is -2.05. The van der Waals surface area contributed by atoms with Crippen LogP contribution < -0.4 is 5.73 Å². The Morgan fingerprint density at radius 2 is 1.69 bits per heavy atom. The molecule has 3 heteroatoms. The van der Waals surface area contributed by atoms with Gasteiger partial charge in [0.25, 0.3) is 0 Å². The molecule has 0 aromatic heterocycles. The van der Waals surface area contributed by atoms with Gasteiger partial charge in [-0.05, 0) is 11.6 Å². The zero-order valence-corrected chi connectivity index (χ0v) is 6.94. The lowest BCUT2D eigenvalue weighted by atomic mass is 10.1. The van der Waals surface area contributed by atoms with E-state index in [0.29, 0.717) is 5.56 Å². The Morgan fingerprint density at radius 1 is 1.15 bits per heavy atom. The topological polar surface area (TPSA) is 60.2 Å². The minimum absolute atomic E-state index is 0.487. The van der Waals surface area contributed by atoms with Crippen LogP contribution in [-0.2, 0) is 4.79 Å². The molecule has 0 unspecified atom stereocenters. The Morgan fingerprint density at radius 3 is 2.15 bits per heavy atom. The van der Waals surface area contributed by atoms with Crippen LogP contribution in [0, 0.1) is 0 Å². The predicted octanol–water partition coefficient (Wildman–Crippen LogP) is 0.998. The summed E-state index contributed by atoms with van der Waals surface area (Å²) in [6.07, 6.45) is 3.63. The Bertz CT molecular complexity index is 338. The number of rotatable bonds is 3. The summed E-state index contributed by atoms with van der Waals surface area (Å²) in [5.74, 6) is -0.487. The molecule has 0 fully saturated rings. The first-order chi connectivity index (χ1) is 6.22. The Hall–Kier alpha value is -1.90. The van der Waals surface area contributed by atoms with E-state index in [9.17, 15) is 9.59 Å². The SMILES string of the molecule is NC(=O)/C=C\c1ccc(C=O)cc1. The van der Waals surface area contributed by atoms with Crippen LogP contribution in [0.2, 0.25) is 0 Å². The highest BCUT2D eigenvalue weighted by Gasteiger charge is 1.89. The number of carbonyl (C=O) groups is 2. The van der Waals surface area contributed by atoms with Crippen LogP contribution >= 0.6 is 0 Å². The van der Waals surface area contributed by atoms with Crippen molar-refractivity contribution in [1.29, 1.82) is 0 Å². The van der Waals surface area contributed by atoms with Gasteiger partial charge in [-0.3, -0.25) is 9.59 Å². The molecule has 0 aliphatic heterocycles. The van der Waals surface area contributed by atoms with Gasteiger partial charge in [-0.2, -0.15) is 0 Å². The second kappa shape index (κ2) is 4.21. The van der Waals surface area contributed by atoms with Gasteiger partial charge in [-0.1, -0.05) is 24.3 Å². The number of carbonyl (C=O) groups excluding carboxylic acids is 2. The number of hydrogen-bond donors (Lipinski definition) is 1. The second-order valence-corrected chi connectivity index (χ2v) is 2.52. The van der Waals surface area contributed by atoms with Crippen molar-refractivity contribution in [2.45, 2.75) is 0 Å². The molecule has 3 nitrogen and oxygen atoms in total. The number of amides is 1. The summed E-state index contributed by atoms with van der Waals surface area (Å²) >= 11 is 0.